The summed E-state index contributed by atoms with van der Waals surface area (Å²) < 4.78 is 20.7. The lowest BCUT2D eigenvalue weighted by molar-refractivity contribution is -0.139. The highest BCUT2D eigenvalue weighted by Gasteiger charge is 2.36. The molecule has 3 amide bonds. The van der Waals surface area contributed by atoms with E-state index >= 15 is 0 Å². The van der Waals surface area contributed by atoms with Gasteiger partial charge in [-0.15, -0.1) is 0 Å². The second kappa shape index (κ2) is 18.7. The summed E-state index contributed by atoms with van der Waals surface area (Å²) in [5.74, 6) is -2.65. The van der Waals surface area contributed by atoms with Gasteiger partial charge in [0, 0.05) is 31.4 Å². The smallest absolute Gasteiger partial charge is 0.251 e. The Morgan fingerprint density at radius 1 is 0.759 bits per heavy atom. The molecule has 58 heavy (non-hydrogen) atoms. The Morgan fingerprint density at radius 2 is 1.48 bits per heavy atom. The van der Waals surface area contributed by atoms with Crippen LogP contribution in [0.4, 0.5) is 4.39 Å². The summed E-state index contributed by atoms with van der Waals surface area (Å²) in [7, 11) is 0. The molecular weight excluding hydrogens is 734 g/mol. The van der Waals surface area contributed by atoms with E-state index in [9.17, 15) is 28.4 Å². The summed E-state index contributed by atoms with van der Waals surface area (Å²) >= 11 is 0. The number of hydrogen-bond donors (Lipinski definition) is 2. The molecule has 5 aromatic rings. The first kappa shape index (κ1) is 39.8. The number of hydrogen-bond acceptors (Lipinski definition) is 6. The lowest BCUT2D eigenvalue weighted by Gasteiger charge is -2.28. The molecule has 4 atom stereocenters. The molecule has 0 aliphatic carbocycles. The van der Waals surface area contributed by atoms with Crippen LogP contribution in [-0.4, -0.2) is 52.8 Å². The van der Waals surface area contributed by atoms with E-state index < -0.39 is 41.4 Å². The second-order valence-electron chi connectivity index (χ2n) is 15.0. The number of fused-ring (bicyclic) bond motifs is 10. The minimum Gasteiger partial charge on any atom is -0.457 e. The van der Waals surface area contributed by atoms with Crippen LogP contribution in [0.25, 0.3) is 0 Å². The fourth-order valence-corrected chi connectivity index (χ4v) is 7.84. The number of nitrogens with one attached hydrogen (secondary N) is 2. The van der Waals surface area contributed by atoms with Crippen molar-refractivity contribution in [2.24, 2.45) is 5.92 Å². The molecule has 0 saturated carbocycles. The van der Waals surface area contributed by atoms with E-state index in [1.165, 1.54) is 6.07 Å². The molecule has 1 saturated heterocycles. The van der Waals surface area contributed by atoms with Gasteiger partial charge >= 0.3 is 0 Å². The van der Waals surface area contributed by atoms with Crippen molar-refractivity contribution in [1.29, 1.82) is 0 Å². The zero-order valence-electron chi connectivity index (χ0n) is 32.1. The van der Waals surface area contributed by atoms with E-state index in [0.717, 1.165) is 24.0 Å². The predicted octanol–water partition coefficient (Wildman–Crippen LogP) is 7.53. The number of likely N-dealkylation sites (tertiary alicyclic amines) is 1. The van der Waals surface area contributed by atoms with Crippen LogP contribution in [0.2, 0.25) is 0 Å². The SMILES string of the molecule is O=C(NC1Cc2cccc(c2)Oc2ccc(cc2)CC(C(=O)CCc2ccccc2F)NC(=O)C(CC(=O)N2CCC[C@@H]2c2ccccc2)CC1=O)c1ccccc1. The van der Waals surface area contributed by atoms with Crippen molar-refractivity contribution in [1.82, 2.24) is 15.5 Å². The van der Waals surface area contributed by atoms with Crippen LogP contribution < -0.4 is 15.4 Å². The topological polar surface area (TPSA) is 122 Å². The first-order chi connectivity index (χ1) is 28.2. The molecule has 0 radical (unpaired) electrons. The van der Waals surface area contributed by atoms with Gasteiger partial charge in [-0.25, -0.2) is 4.39 Å². The van der Waals surface area contributed by atoms with E-state index in [1.54, 1.807) is 83.8 Å². The number of rotatable bonds is 9. The fourth-order valence-electron chi connectivity index (χ4n) is 7.84. The Kier molecular flexibility index (Phi) is 12.8. The number of ketones is 2. The monoisotopic (exact) mass is 779 g/mol. The Hall–Kier alpha value is -6.42. The van der Waals surface area contributed by atoms with Gasteiger partial charge < -0.3 is 20.3 Å². The quantitative estimate of drug-likeness (QED) is 0.160. The van der Waals surface area contributed by atoms with Crippen molar-refractivity contribution in [3.63, 3.8) is 0 Å². The van der Waals surface area contributed by atoms with Crippen molar-refractivity contribution in [2.75, 3.05) is 6.54 Å². The standard InChI is InChI=1S/C48H46FN3O6/c49-40-18-8-7-12-34(40)22-25-44(53)41-28-32-20-23-38(24-21-32)58-39-17-9-11-33(27-39)29-42(51-47(56)36-15-5-2-6-16-36)45(54)30-37(48(57)50-41)31-46(55)52-26-10-19-43(52)35-13-3-1-4-14-35/h1-9,11-18,20-21,23-24,27,37,41-43H,10,19,22,25-26,28-31H2,(H,50,57)(H,51,56)/t37?,41?,42?,43-/m1/s1. The third-order valence-corrected chi connectivity index (χ3v) is 11.0. The highest BCUT2D eigenvalue weighted by Crippen LogP contribution is 2.33. The summed E-state index contributed by atoms with van der Waals surface area (Å²) in [6, 6.07) is 36.6. The zero-order valence-corrected chi connectivity index (χ0v) is 32.1. The van der Waals surface area contributed by atoms with Crippen LogP contribution in [0.1, 0.15) is 70.8 Å². The summed E-state index contributed by atoms with van der Waals surface area (Å²) in [6.45, 7) is 0.502. The van der Waals surface area contributed by atoms with Crippen molar-refractivity contribution in [3.05, 3.63) is 167 Å². The van der Waals surface area contributed by atoms with Crippen molar-refractivity contribution in [2.45, 2.75) is 69.5 Å². The molecule has 0 spiro atoms. The van der Waals surface area contributed by atoms with Crippen LogP contribution >= 0.6 is 0 Å². The fraction of sp³-hybridized carbons (Fsp3) is 0.271. The van der Waals surface area contributed by atoms with E-state index in [4.69, 9.17) is 4.74 Å². The number of ether oxygens (including phenoxy) is 1. The Morgan fingerprint density at radius 3 is 2.24 bits per heavy atom. The summed E-state index contributed by atoms with van der Waals surface area (Å²) in [6.07, 6.45) is 1.18. The molecule has 10 heteroatoms. The number of amides is 3. The minimum absolute atomic E-state index is 0.0503. The Balaban J connectivity index is 1.22. The predicted molar refractivity (Wildman–Crippen MR) is 218 cm³/mol. The van der Waals surface area contributed by atoms with Gasteiger partial charge in [-0.2, -0.15) is 0 Å². The van der Waals surface area contributed by atoms with Crippen LogP contribution in [0.15, 0.2) is 133 Å². The first-order valence-corrected chi connectivity index (χ1v) is 19.9. The van der Waals surface area contributed by atoms with E-state index in [1.807, 2.05) is 48.5 Å². The van der Waals surface area contributed by atoms with Crippen molar-refractivity contribution < 1.29 is 33.1 Å². The lowest BCUT2D eigenvalue weighted by atomic mass is 9.90. The summed E-state index contributed by atoms with van der Waals surface area (Å²) in [5, 5.41) is 5.82. The van der Waals surface area contributed by atoms with Gasteiger partial charge in [0.1, 0.15) is 17.3 Å². The highest BCUT2D eigenvalue weighted by molar-refractivity contribution is 6.00. The van der Waals surface area contributed by atoms with Crippen LogP contribution in [0.3, 0.4) is 0 Å². The number of carbonyl (C=O) groups excluding carboxylic acids is 5. The Bertz CT molecular complexity index is 2250. The molecule has 9 nitrogen and oxygen atoms in total. The minimum atomic E-state index is -1.16. The lowest BCUT2D eigenvalue weighted by Crippen LogP contribution is -2.48. The highest BCUT2D eigenvalue weighted by atomic mass is 19.1. The van der Waals surface area contributed by atoms with Gasteiger partial charge in [0.2, 0.25) is 11.8 Å². The number of carbonyl (C=O) groups is 5. The van der Waals surface area contributed by atoms with E-state index in [0.29, 0.717) is 34.7 Å². The molecule has 0 aromatic heterocycles. The van der Waals surface area contributed by atoms with Crippen molar-refractivity contribution in [3.8, 4) is 11.5 Å². The molecule has 8 rings (SSSR count). The van der Waals surface area contributed by atoms with Gasteiger partial charge in [-0.05, 0) is 96.8 Å². The molecule has 3 heterocycles. The number of Topliss-reactive ketones (excluding diaryl/α,β-unsaturated/α-hetero) is 2. The van der Waals surface area contributed by atoms with Crippen LogP contribution in [0.5, 0.6) is 11.5 Å². The molecule has 296 valence electrons. The second-order valence-corrected chi connectivity index (χ2v) is 15.0. The first-order valence-electron chi connectivity index (χ1n) is 19.9. The normalized spacial score (nSPS) is 19.8. The van der Waals surface area contributed by atoms with E-state index in [-0.39, 0.29) is 56.3 Å². The molecule has 5 aromatic carbocycles. The average Bonchev–Trinajstić information content (AvgIpc) is 3.74. The van der Waals surface area contributed by atoms with Crippen LogP contribution in [0, 0.1) is 11.7 Å². The van der Waals surface area contributed by atoms with Gasteiger partial charge in [-0.1, -0.05) is 91.0 Å². The maximum atomic E-state index is 14.6. The summed E-state index contributed by atoms with van der Waals surface area (Å²) in [5.41, 5.74) is 3.19. The average molecular weight is 780 g/mol. The Labute approximate surface area is 337 Å². The molecule has 4 bridgehead atoms. The van der Waals surface area contributed by atoms with Gasteiger partial charge in [0.25, 0.3) is 5.91 Å². The van der Waals surface area contributed by atoms with Gasteiger partial charge in [0.15, 0.2) is 11.6 Å². The third-order valence-electron chi connectivity index (χ3n) is 11.0. The third kappa shape index (κ3) is 10.1. The maximum Gasteiger partial charge on any atom is 0.251 e. The van der Waals surface area contributed by atoms with E-state index in [2.05, 4.69) is 10.6 Å². The summed E-state index contributed by atoms with van der Waals surface area (Å²) in [4.78, 5) is 72.6. The molecule has 3 aliphatic heterocycles. The van der Waals surface area contributed by atoms with Crippen LogP contribution in [-0.2, 0) is 38.4 Å². The molecule has 3 aliphatic rings. The van der Waals surface area contributed by atoms with Crippen molar-refractivity contribution >= 4 is 29.3 Å². The molecule has 2 N–H and O–H groups in total. The molecular formula is C48H46FN3O6. The zero-order chi connectivity index (χ0) is 40.4. The molecule has 3 unspecified atom stereocenters. The number of benzene rings is 5. The number of aryl methyl sites for hydroxylation is 1. The largest absolute Gasteiger partial charge is 0.457 e. The molecule has 1 fully saturated rings. The number of halogens is 1. The van der Waals surface area contributed by atoms with Gasteiger partial charge in [-0.3, -0.25) is 24.0 Å². The van der Waals surface area contributed by atoms with Gasteiger partial charge in [0.05, 0.1) is 24.0 Å². The number of nitrogens with zero attached hydrogens (tertiary/aromatic N) is 1. The maximum absolute atomic E-state index is 14.6.